The van der Waals surface area contributed by atoms with Crippen molar-refractivity contribution in [3.05, 3.63) is 95.8 Å². The third-order valence-electron chi connectivity index (χ3n) is 4.19. The van der Waals surface area contributed by atoms with Crippen LogP contribution < -0.4 is 10.2 Å². The van der Waals surface area contributed by atoms with Crippen LogP contribution in [0.3, 0.4) is 0 Å². The van der Waals surface area contributed by atoms with Crippen molar-refractivity contribution in [3.8, 4) is 0 Å². The lowest BCUT2D eigenvalue weighted by Crippen LogP contribution is -2.29. The summed E-state index contributed by atoms with van der Waals surface area (Å²) in [4.78, 5) is 30.8. The largest absolute Gasteiger partial charge is 0.350 e. The third kappa shape index (κ3) is 4.79. The van der Waals surface area contributed by atoms with Crippen molar-refractivity contribution in [3.63, 3.8) is 0 Å². The van der Waals surface area contributed by atoms with Crippen LogP contribution in [-0.4, -0.2) is 30.4 Å². The lowest BCUT2D eigenvalue weighted by Gasteiger charge is -2.17. The Bertz CT molecular complexity index is 911. The number of benzene rings is 2. The summed E-state index contributed by atoms with van der Waals surface area (Å²) in [6, 6.07) is 24.1. The van der Waals surface area contributed by atoms with Crippen LogP contribution in [0.4, 0.5) is 5.69 Å². The van der Waals surface area contributed by atoms with Gasteiger partial charge in [0.1, 0.15) is 11.4 Å². The highest BCUT2D eigenvalue weighted by atomic mass is 16.2. The van der Waals surface area contributed by atoms with Crippen molar-refractivity contribution in [2.45, 2.75) is 6.42 Å². The van der Waals surface area contributed by atoms with E-state index >= 15 is 0 Å². The van der Waals surface area contributed by atoms with Gasteiger partial charge in [0.25, 0.3) is 11.8 Å². The maximum absolute atomic E-state index is 12.7. The van der Waals surface area contributed by atoms with E-state index in [4.69, 9.17) is 0 Å². The number of aromatic nitrogens is 1. The number of hydrogen-bond donors (Lipinski definition) is 1. The Morgan fingerprint density at radius 1 is 0.852 bits per heavy atom. The second kappa shape index (κ2) is 8.76. The van der Waals surface area contributed by atoms with Crippen LogP contribution in [0, 0.1) is 0 Å². The molecule has 0 aliphatic rings. The first-order chi connectivity index (χ1) is 13.1. The van der Waals surface area contributed by atoms with Crippen LogP contribution in [-0.2, 0) is 6.42 Å². The molecule has 0 saturated heterocycles. The van der Waals surface area contributed by atoms with Gasteiger partial charge in [0.15, 0.2) is 0 Å². The van der Waals surface area contributed by atoms with Gasteiger partial charge in [-0.15, -0.1) is 0 Å². The topological polar surface area (TPSA) is 62.3 Å². The maximum Gasteiger partial charge on any atom is 0.276 e. The molecule has 0 saturated carbocycles. The van der Waals surface area contributed by atoms with Crippen molar-refractivity contribution < 1.29 is 9.59 Å². The molecule has 0 aliphatic heterocycles. The predicted octanol–water partition coefficient (Wildman–Crippen LogP) is 3.33. The van der Waals surface area contributed by atoms with Crippen LogP contribution in [0.2, 0.25) is 0 Å². The first-order valence-corrected chi connectivity index (χ1v) is 8.77. The Balaban J connectivity index is 1.64. The predicted molar refractivity (Wildman–Crippen MR) is 106 cm³/mol. The van der Waals surface area contributed by atoms with Crippen LogP contribution in [0.1, 0.15) is 26.5 Å². The smallest absolute Gasteiger partial charge is 0.276 e. The fourth-order valence-electron chi connectivity index (χ4n) is 2.68. The van der Waals surface area contributed by atoms with Crippen molar-refractivity contribution in [2.24, 2.45) is 0 Å². The average molecular weight is 359 g/mol. The lowest BCUT2D eigenvalue weighted by atomic mass is 10.1. The summed E-state index contributed by atoms with van der Waals surface area (Å²) < 4.78 is 0. The summed E-state index contributed by atoms with van der Waals surface area (Å²) in [5.74, 6) is -0.553. The number of carbonyl (C=O) groups excluding carboxylic acids is 2. The number of anilines is 1. The normalized spacial score (nSPS) is 10.3. The second-order valence-corrected chi connectivity index (χ2v) is 6.10. The minimum absolute atomic E-state index is 0.232. The van der Waals surface area contributed by atoms with Crippen LogP contribution in [0.15, 0.2) is 78.9 Å². The fourth-order valence-corrected chi connectivity index (χ4v) is 2.68. The number of para-hydroxylation sites is 1. The van der Waals surface area contributed by atoms with Gasteiger partial charge in [-0.25, -0.2) is 4.98 Å². The van der Waals surface area contributed by atoms with E-state index in [1.165, 1.54) is 4.90 Å². The monoisotopic (exact) mass is 359 g/mol. The van der Waals surface area contributed by atoms with Gasteiger partial charge >= 0.3 is 0 Å². The van der Waals surface area contributed by atoms with Crippen LogP contribution >= 0.6 is 0 Å². The van der Waals surface area contributed by atoms with Gasteiger partial charge < -0.3 is 10.2 Å². The molecule has 0 bridgehead atoms. The summed E-state index contributed by atoms with van der Waals surface area (Å²) >= 11 is 0. The van der Waals surface area contributed by atoms with Gasteiger partial charge in [0.2, 0.25) is 0 Å². The Morgan fingerprint density at radius 2 is 1.48 bits per heavy atom. The zero-order valence-electron chi connectivity index (χ0n) is 15.1. The zero-order valence-corrected chi connectivity index (χ0v) is 15.1. The van der Waals surface area contributed by atoms with Crippen molar-refractivity contribution in [1.82, 2.24) is 10.3 Å². The van der Waals surface area contributed by atoms with Gasteiger partial charge in [0.05, 0.1) is 0 Å². The van der Waals surface area contributed by atoms with E-state index < -0.39 is 0 Å². The average Bonchev–Trinajstić information content (AvgIpc) is 2.74. The maximum atomic E-state index is 12.7. The molecule has 0 radical (unpaired) electrons. The minimum Gasteiger partial charge on any atom is -0.350 e. The highest BCUT2D eigenvalue weighted by Crippen LogP contribution is 2.14. The molecular weight excluding hydrogens is 338 g/mol. The molecule has 136 valence electrons. The molecule has 0 unspecified atom stereocenters. The summed E-state index contributed by atoms with van der Waals surface area (Å²) in [5.41, 5.74) is 2.38. The van der Waals surface area contributed by atoms with Gasteiger partial charge in [-0.1, -0.05) is 54.6 Å². The van der Waals surface area contributed by atoms with E-state index in [0.717, 1.165) is 17.7 Å². The number of amides is 2. The molecule has 1 aromatic heterocycles. The lowest BCUT2D eigenvalue weighted by molar-refractivity contribution is 0.0948. The van der Waals surface area contributed by atoms with Gasteiger partial charge in [-0.05, 0) is 36.2 Å². The molecule has 2 aromatic carbocycles. The van der Waals surface area contributed by atoms with E-state index in [1.807, 2.05) is 60.7 Å². The molecule has 27 heavy (non-hydrogen) atoms. The number of rotatable bonds is 6. The summed E-state index contributed by atoms with van der Waals surface area (Å²) in [6.45, 7) is 0.507. The Morgan fingerprint density at radius 3 is 2.19 bits per heavy atom. The summed E-state index contributed by atoms with van der Waals surface area (Å²) in [5, 5.41) is 2.85. The Hall–Kier alpha value is -3.47. The molecule has 3 rings (SSSR count). The van der Waals surface area contributed by atoms with Crippen molar-refractivity contribution >= 4 is 17.5 Å². The standard InChI is InChI=1S/C22H21N3O2/c1-25(18-11-6-3-7-12-18)22(27)20-14-8-13-19(24-20)21(26)23-16-15-17-9-4-2-5-10-17/h2-14H,15-16H2,1H3,(H,23,26). The molecule has 0 spiro atoms. The zero-order chi connectivity index (χ0) is 19.1. The summed E-state index contributed by atoms with van der Waals surface area (Å²) in [6.07, 6.45) is 0.738. The molecule has 1 heterocycles. The second-order valence-electron chi connectivity index (χ2n) is 6.10. The van der Waals surface area contributed by atoms with E-state index in [9.17, 15) is 9.59 Å². The highest BCUT2D eigenvalue weighted by molar-refractivity contribution is 6.05. The van der Waals surface area contributed by atoms with Gasteiger partial charge in [-0.2, -0.15) is 0 Å². The van der Waals surface area contributed by atoms with E-state index in [0.29, 0.717) is 6.54 Å². The molecule has 3 aromatic rings. The molecule has 1 N–H and O–H groups in total. The summed E-state index contributed by atoms with van der Waals surface area (Å²) in [7, 11) is 1.69. The minimum atomic E-state index is -0.289. The third-order valence-corrected chi connectivity index (χ3v) is 4.19. The number of nitrogens with one attached hydrogen (secondary N) is 1. The van der Waals surface area contributed by atoms with Gasteiger partial charge in [-0.3, -0.25) is 9.59 Å². The quantitative estimate of drug-likeness (QED) is 0.734. The molecule has 0 atom stereocenters. The first-order valence-electron chi connectivity index (χ1n) is 8.77. The SMILES string of the molecule is CN(C(=O)c1cccc(C(=O)NCCc2ccccc2)n1)c1ccccc1. The number of nitrogens with zero attached hydrogens (tertiary/aromatic N) is 2. The number of pyridine rings is 1. The van der Waals surface area contributed by atoms with E-state index in [-0.39, 0.29) is 23.2 Å². The number of hydrogen-bond acceptors (Lipinski definition) is 3. The molecule has 5 nitrogen and oxygen atoms in total. The van der Waals surface area contributed by atoms with Crippen LogP contribution in [0.25, 0.3) is 0 Å². The molecule has 5 heteroatoms. The Kier molecular flexibility index (Phi) is 5.94. The molecular formula is C22H21N3O2. The van der Waals surface area contributed by atoms with E-state index in [2.05, 4.69) is 10.3 Å². The highest BCUT2D eigenvalue weighted by Gasteiger charge is 2.16. The Labute approximate surface area is 158 Å². The molecule has 2 amide bonds. The number of carbonyl (C=O) groups is 2. The van der Waals surface area contributed by atoms with Crippen molar-refractivity contribution in [2.75, 3.05) is 18.5 Å². The first kappa shape index (κ1) is 18.3. The molecule has 0 aliphatic carbocycles. The molecule has 0 fully saturated rings. The van der Waals surface area contributed by atoms with E-state index in [1.54, 1.807) is 25.2 Å². The van der Waals surface area contributed by atoms with Crippen LogP contribution in [0.5, 0.6) is 0 Å². The van der Waals surface area contributed by atoms with Gasteiger partial charge in [0, 0.05) is 19.3 Å². The fraction of sp³-hybridized carbons (Fsp3) is 0.136. The van der Waals surface area contributed by atoms with Crippen molar-refractivity contribution in [1.29, 1.82) is 0 Å².